The van der Waals surface area contributed by atoms with Gasteiger partial charge in [0, 0.05) is 47.8 Å². The summed E-state index contributed by atoms with van der Waals surface area (Å²) in [6, 6.07) is 11.2. The second-order valence-electron chi connectivity index (χ2n) is 6.30. The van der Waals surface area contributed by atoms with E-state index in [1.807, 2.05) is 13.1 Å². The summed E-state index contributed by atoms with van der Waals surface area (Å²) in [7, 11) is 0. The number of rotatable bonds is 4. The molecule has 0 unspecified atom stereocenters. The van der Waals surface area contributed by atoms with Gasteiger partial charge in [-0.1, -0.05) is 11.6 Å². The van der Waals surface area contributed by atoms with E-state index in [9.17, 15) is 4.79 Å². The number of piperidine rings is 1. The maximum atomic E-state index is 12.2. The predicted molar refractivity (Wildman–Crippen MR) is 97.7 cm³/mol. The van der Waals surface area contributed by atoms with E-state index < -0.39 is 0 Å². The van der Waals surface area contributed by atoms with Crippen LogP contribution in [0.5, 0.6) is 0 Å². The molecule has 1 amide bonds. The standard InChI is InChI=1S/C19H22ClN3O/c1-14-12-18(6-9-21-14)23-10-7-15(8-11-23)13-22-19(24)16-2-4-17(20)5-3-16/h2-6,9,12,15H,7-8,10-11,13H2,1H3,(H,22,24). The van der Waals surface area contributed by atoms with Crippen molar-refractivity contribution in [2.24, 2.45) is 5.92 Å². The Morgan fingerprint density at radius 3 is 2.62 bits per heavy atom. The number of anilines is 1. The first-order chi connectivity index (χ1) is 11.6. The summed E-state index contributed by atoms with van der Waals surface area (Å²) in [5, 5.41) is 3.69. The van der Waals surface area contributed by atoms with Crippen molar-refractivity contribution < 1.29 is 4.79 Å². The van der Waals surface area contributed by atoms with Crippen LogP contribution in [0.25, 0.3) is 0 Å². The number of carbonyl (C=O) groups excluding carboxylic acids is 1. The van der Waals surface area contributed by atoms with Crippen molar-refractivity contribution >= 4 is 23.2 Å². The Morgan fingerprint density at radius 1 is 1.25 bits per heavy atom. The SMILES string of the molecule is Cc1cc(N2CCC(CNC(=O)c3ccc(Cl)cc3)CC2)ccn1. The van der Waals surface area contributed by atoms with Crippen LogP contribution in [0, 0.1) is 12.8 Å². The Kier molecular flexibility index (Phi) is 5.36. The lowest BCUT2D eigenvalue weighted by Gasteiger charge is -2.33. The van der Waals surface area contributed by atoms with E-state index in [1.54, 1.807) is 24.3 Å². The Balaban J connectivity index is 1.47. The molecule has 5 heteroatoms. The fraction of sp³-hybridized carbons (Fsp3) is 0.368. The zero-order chi connectivity index (χ0) is 16.9. The van der Waals surface area contributed by atoms with E-state index in [2.05, 4.69) is 27.3 Å². The number of aryl methyl sites for hydroxylation is 1. The van der Waals surface area contributed by atoms with Crippen LogP contribution >= 0.6 is 11.6 Å². The number of halogens is 1. The topological polar surface area (TPSA) is 45.2 Å². The summed E-state index contributed by atoms with van der Waals surface area (Å²) in [5.74, 6) is 0.499. The first-order valence-electron chi connectivity index (χ1n) is 8.33. The van der Waals surface area contributed by atoms with E-state index in [0.29, 0.717) is 16.5 Å². The van der Waals surface area contributed by atoms with Gasteiger partial charge in [0.25, 0.3) is 5.91 Å². The van der Waals surface area contributed by atoms with E-state index >= 15 is 0 Å². The molecule has 2 heterocycles. The largest absolute Gasteiger partial charge is 0.371 e. The quantitative estimate of drug-likeness (QED) is 0.920. The first-order valence-corrected chi connectivity index (χ1v) is 8.71. The summed E-state index contributed by atoms with van der Waals surface area (Å²) in [6.07, 6.45) is 4.04. The molecule has 1 aromatic heterocycles. The minimum atomic E-state index is -0.0288. The Morgan fingerprint density at radius 2 is 1.96 bits per heavy atom. The van der Waals surface area contributed by atoms with Crippen molar-refractivity contribution in [3.8, 4) is 0 Å². The van der Waals surface area contributed by atoms with Crippen molar-refractivity contribution in [3.05, 3.63) is 58.9 Å². The minimum absolute atomic E-state index is 0.0288. The van der Waals surface area contributed by atoms with Crippen molar-refractivity contribution in [1.29, 1.82) is 0 Å². The number of nitrogens with one attached hydrogen (secondary N) is 1. The third-order valence-electron chi connectivity index (χ3n) is 4.52. The van der Waals surface area contributed by atoms with E-state index in [4.69, 9.17) is 11.6 Å². The third kappa shape index (κ3) is 4.26. The lowest BCUT2D eigenvalue weighted by Crippen LogP contribution is -2.38. The second kappa shape index (κ2) is 7.67. The summed E-state index contributed by atoms with van der Waals surface area (Å²) in [6.45, 7) is 4.78. The zero-order valence-electron chi connectivity index (χ0n) is 13.8. The van der Waals surface area contributed by atoms with E-state index in [0.717, 1.165) is 38.2 Å². The number of amides is 1. The molecule has 126 valence electrons. The molecule has 3 rings (SSSR count). The van der Waals surface area contributed by atoms with Crippen LogP contribution in [0.4, 0.5) is 5.69 Å². The van der Waals surface area contributed by atoms with Gasteiger partial charge in [-0.15, -0.1) is 0 Å². The fourth-order valence-electron chi connectivity index (χ4n) is 3.06. The highest BCUT2D eigenvalue weighted by Gasteiger charge is 2.20. The number of carbonyl (C=O) groups is 1. The smallest absolute Gasteiger partial charge is 0.251 e. The van der Waals surface area contributed by atoms with Gasteiger partial charge < -0.3 is 10.2 Å². The maximum absolute atomic E-state index is 12.2. The van der Waals surface area contributed by atoms with Gasteiger partial charge in [0.2, 0.25) is 0 Å². The lowest BCUT2D eigenvalue weighted by molar-refractivity contribution is 0.0945. The Labute approximate surface area is 147 Å². The van der Waals surface area contributed by atoms with Crippen LogP contribution < -0.4 is 10.2 Å². The third-order valence-corrected chi connectivity index (χ3v) is 4.77. The van der Waals surface area contributed by atoms with Crippen molar-refractivity contribution in [3.63, 3.8) is 0 Å². The molecule has 0 spiro atoms. The highest BCUT2D eigenvalue weighted by molar-refractivity contribution is 6.30. The van der Waals surface area contributed by atoms with Crippen LogP contribution in [0.1, 0.15) is 28.9 Å². The van der Waals surface area contributed by atoms with Crippen LogP contribution in [-0.4, -0.2) is 30.5 Å². The van der Waals surface area contributed by atoms with Gasteiger partial charge in [0.1, 0.15) is 0 Å². The molecule has 2 aromatic rings. The molecule has 1 fully saturated rings. The highest BCUT2D eigenvalue weighted by Crippen LogP contribution is 2.23. The molecule has 0 bridgehead atoms. The summed E-state index contributed by atoms with van der Waals surface area (Å²) in [5.41, 5.74) is 2.94. The predicted octanol–water partition coefficient (Wildman–Crippen LogP) is 3.69. The Bertz CT molecular complexity index is 694. The molecule has 0 saturated carbocycles. The molecule has 1 N–H and O–H groups in total. The summed E-state index contributed by atoms with van der Waals surface area (Å²) < 4.78 is 0. The molecule has 1 aliphatic rings. The lowest BCUT2D eigenvalue weighted by atomic mass is 9.96. The van der Waals surface area contributed by atoms with Gasteiger partial charge in [-0.2, -0.15) is 0 Å². The molecular formula is C19H22ClN3O. The summed E-state index contributed by atoms with van der Waals surface area (Å²) in [4.78, 5) is 18.8. The Hall–Kier alpha value is -2.07. The molecule has 0 radical (unpaired) electrons. The number of benzene rings is 1. The van der Waals surface area contributed by atoms with Gasteiger partial charge >= 0.3 is 0 Å². The van der Waals surface area contributed by atoms with Crippen LogP contribution in [0.15, 0.2) is 42.6 Å². The van der Waals surface area contributed by atoms with Gasteiger partial charge in [-0.05, 0) is 62.1 Å². The van der Waals surface area contributed by atoms with Crippen LogP contribution in [-0.2, 0) is 0 Å². The zero-order valence-corrected chi connectivity index (χ0v) is 14.6. The minimum Gasteiger partial charge on any atom is -0.371 e. The number of hydrogen-bond donors (Lipinski definition) is 1. The number of aromatic nitrogens is 1. The average molecular weight is 344 g/mol. The molecule has 0 atom stereocenters. The van der Waals surface area contributed by atoms with Crippen molar-refractivity contribution in [2.75, 3.05) is 24.5 Å². The molecule has 1 aromatic carbocycles. The van der Waals surface area contributed by atoms with Crippen molar-refractivity contribution in [2.45, 2.75) is 19.8 Å². The number of hydrogen-bond acceptors (Lipinski definition) is 3. The van der Waals surface area contributed by atoms with E-state index in [1.165, 1.54) is 5.69 Å². The normalized spacial score (nSPS) is 15.3. The molecular weight excluding hydrogens is 322 g/mol. The molecule has 24 heavy (non-hydrogen) atoms. The first kappa shape index (κ1) is 16.8. The molecule has 4 nitrogen and oxygen atoms in total. The fourth-order valence-corrected chi connectivity index (χ4v) is 3.19. The average Bonchev–Trinajstić information content (AvgIpc) is 2.61. The summed E-state index contributed by atoms with van der Waals surface area (Å²) >= 11 is 5.85. The van der Waals surface area contributed by atoms with Gasteiger partial charge in [-0.25, -0.2) is 0 Å². The van der Waals surface area contributed by atoms with Crippen LogP contribution in [0.2, 0.25) is 5.02 Å². The molecule has 0 aliphatic carbocycles. The van der Waals surface area contributed by atoms with Crippen molar-refractivity contribution in [1.82, 2.24) is 10.3 Å². The van der Waals surface area contributed by atoms with Crippen LogP contribution in [0.3, 0.4) is 0 Å². The molecule has 1 aliphatic heterocycles. The highest BCUT2D eigenvalue weighted by atomic mass is 35.5. The van der Waals surface area contributed by atoms with E-state index in [-0.39, 0.29) is 5.91 Å². The number of pyridine rings is 1. The number of nitrogens with zero attached hydrogens (tertiary/aromatic N) is 2. The van der Waals surface area contributed by atoms with Gasteiger partial charge in [-0.3, -0.25) is 9.78 Å². The van der Waals surface area contributed by atoms with Gasteiger partial charge in [0.15, 0.2) is 0 Å². The maximum Gasteiger partial charge on any atom is 0.251 e. The molecule has 1 saturated heterocycles. The monoisotopic (exact) mass is 343 g/mol. The second-order valence-corrected chi connectivity index (χ2v) is 6.74. The van der Waals surface area contributed by atoms with Gasteiger partial charge in [0.05, 0.1) is 0 Å².